The second-order valence-electron chi connectivity index (χ2n) is 5.41. The van der Waals surface area contributed by atoms with Crippen molar-refractivity contribution in [2.75, 3.05) is 0 Å². The first-order chi connectivity index (χ1) is 8.90. The molecule has 108 valence electrons. The van der Waals surface area contributed by atoms with Crippen LogP contribution >= 0.6 is 0 Å². The molecule has 0 aromatic carbocycles. The Hall–Kier alpha value is -0.783. The quantitative estimate of drug-likeness (QED) is 0.332. The predicted molar refractivity (Wildman–Crippen MR) is 88.7 cm³/mol. The molecule has 0 aliphatic rings. The number of terminal acetylenes is 1. The number of hydrogen-bond donors (Lipinski definition) is 0. The standard InChI is InChI=1S/C17H30OSi/c1-8-14-17(7,15-13-16(6)9-2)18-19(10-3,11-4)12-5/h1,9,13,15H,10-12,14H2,2-7H3/b15-13+,16-9-/t17-/m1/s1. The van der Waals surface area contributed by atoms with Crippen molar-refractivity contribution in [1.29, 1.82) is 0 Å². The first-order valence-electron chi connectivity index (χ1n) is 7.36. The molecule has 0 saturated heterocycles. The van der Waals surface area contributed by atoms with E-state index < -0.39 is 8.32 Å². The van der Waals surface area contributed by atoms with E-state index >= 15 is 0 Å². The van der Waals surface area contributed by atoms with Gasteiger partial charge in [-0.15, -0.1) is 12.3 Å². The molecular formula is C17H30OSi. The maximum Gasteiger partial charge on any atom is 0.193 e. The van der Waals surface area contributed by atoms with E-state index in [2.05, 4.69) is 58.8 Å². The van der Waals surface area contributed by atoms with Gasteiger partial charge < -0.3 is 4.43 Å². The highest BCUT2D eigenvalue weighted by molar-refractivity contribution is 6.73. The maximum absolute atomic E-state index is 6.59. The molecule has 0 radical (unpaired) electrons. The molecule has 1 atom stereocenters. The lowest BCUT2D eigenvalue weighted by atomic mass is 10.0. The first-order valence-corrected chi connectivity index (χ1v) is 9.89. The van der Waals surface area contributed by atoms with E-state index in [4.69, 9.17) is 10.8 Å². The van der Waals surface area contributed by atoms with Gasteiger partial charge in [0, 0.05) is 6.42 Å². The van der Waals surface area contributed by atoms with Gasteiger partial charge in [-0.1, -0.05) is 44.6 Å². The molecule has 0 saturated carbocycles. The third kappa shape index (κ3) is 5.80. The Kier molecular flexibility index (Phi) is 8.05. The second kappa shape index (κ2) is 8.40. The lowest BCUT2D eigenvalue weighted by molar-refractivity contribution is 0.131. The highest BCUT2D eigenvalue weighted by Crippen LogP contribution is 2.30. The van der Waals surface area contributed by atoms with E-state index in [9.17, 15) is 0 Å². The van der Waals surface area contributed by atoms with Crippen molar-refractivity contribution >= 4 is 8.32 Å². The van der Waals surface area contributed by atoms with Gasteiger partial charge in [-0.05, 0) is 38.9 Å². The van der Waals surface area contributed by atoms with Crippen LogP contribution in [0.25, 0.3) is 0 Å². The van der Waals surface area contributed by atoms with Gasteiger partial charge in [0.2, 0.25) is 0 Å². The van der Waals surface area contributed by atoms with Crippen LogP contribution < -0.4 is 0 Å². The minimum Gasteiger partial charge on any atom is -0.407 e. The topological polar surface area (TPSA) is 9.23 Å². The van der Waals surface area contributed by atoms with Gasteiger partial charge in [-0.3, -0.25) is 0 Å². The van der Waals surface area contributed by atoms with Crippen LogP contribution in [0.5, 0.6) is 0 Å². The lowest BCUT2D eigenvalue weighted by Gasteiger charge is -2.38. The summed E-state index contributed by atoms with van der Waals surface area (Å²) in [6.45, 7) is 13.0. The van der Waals surface area contributed by atoms with Crippen molar-refractivity contribution < 1.29 is 4.43 Å². The fourth-order valence-electron chi connectivity index (χ4n) is 2.20. The Morgan fingerprint density at radius 3 is 2.16 bits per heavy atom. The van der Waals surface area contributed by atoms with Crippen molar-refractivity contribution in [2.24, 2.45) is 0 Å². The Morgan fingerprint density at radius 2 is 1.79 bits per heavy atom. The summed E-state index contributed by atoms with van der Waals surface area (Å²) in [6.07, 6.45) is 12.5. The zero-order valence-electron chi connectivity index (χ0n) is 13.5. The van der Waals surface area contributed by atoms with Crippen molar-refractivity contribution in [3.63, 3.8) is 0 Å². The summed E-state index contributed by atoms with van der Waals surface area (Å²) in [5.74, 6) is 2.77. The van der Waals surface area contributed by atoms with Crippen LogP contribution in [0.15, 0.2) is 23.8 Å². The Labute approximate surface area is 121 Å². The molecule has 0 aromatic heterocycles. The minimum atomic E-state index is -1.64. The first kappa shape index (κ1) is 18.2. The summed E-state index contributed by atoms with van der Waals surface area (Å²) in [5, 5.41) is 0. The largest absolute Gasteiger partial charge is 0.407 e. The molecule has 0 aromatic rings. The average molecular weight is 279 g/mol. The molecule has 0 unspecified atom stereocenters. The van der Waals surface area contributed by atoms with Gasteiger partial charge >= 0.3 is 0 Å². The van der Waals surface area contributed by atoms with Crippen molar-refractivity contribution in [3.8, 4) is 12.3 Å². The molecule has 2 heteroatoms. The molecule has 1 nitrogen and oxygen atoms in total. The van der Waals surface area contributed by atoms with Gasteiger partial charge in [-0.25, -0.2) is 0 Å². The number of allylic oxidation sites excluding steroid dienone is 3. The summed E-state index contributed by atoms with van der Waals surface area (Å²) in [7, 11) is -1.64. The van der Waals surface area contributed by atoms with Crippen LogP contribution in [-0.2, 0) is 4.43 Å². The molecule has 0 amide bonds. The fraction of sp³-hybridized carbons (Fsp3) is 0.647. The SMILES string of the molecule is C#CC[C@](C)(/C=C/C(C)=C\C)O[Si](CC)(CC)CC. The van der Waals surface area contributed by atoms with Crippen LogP contribution in [0.2, 0.25) is 18.1 Å². The summed E-state index contributed by atoms with van der Waals surface area (Å²) < 4.78 is 6.59. The van der Waals surface area contributed by atoms with E-state index in [0.717, 1.165) is 18.1 Å². The van der Waals surface area contributed by atoms with Crippen LogP contribution in [-0.4, -0.2) is 13.9 Å². The van der Waals surface area contributed by atoms with E-state index in [1.54, 1.807) is 0 Å². The van der Waals surface area contributed by atoms with E-state index in [1.165, 1.54) is 5.57 Å². The average Bonchev–Trinajstić information content (AvgIpc) is 2.43. The van der Waals surface area contributed by atoms with Crippen LogP contribution in [0, 0.1) is 12.3 Å². The molecule has 0 aliphatic carbocycles. The van der Waals surface area contributed by atoms with Gasteiger partial charge in [0.05, 0.1) is 5.60 Å². The van der Waals surface area contributed by atoms with Crippen molar-refractivity contribution in [3.05, 3.63) is 23.8 Å². The number of rotatable bonds is 8. The van der Waals surface area contributed by atoms with Crippen LogP contribution in [0.3, 0.4) is 0 Å². The highest BCUT2D eigenvalue weighted by atomic mass is 28.4. The third-order valence-electron chi connectivity index (χ3n) is 3.99. The Bertz CT molecular complexity index is 350. The van der Waals surface area contributed by atoms with Gasteiger partial charge in [-0.2, -0.15) is 0 Å². The molecule has 0 spiro atoms. The van der Waals surface area contributed by atoms with Gasteiger partial charge in [0.25, 0.3) is 0 Å². The van der Waals surface area contributed by atoms with Crippen molar-refractivity contribution in [1.82, 2.24) is 0 Å². The molecule has 0 bridgehead atoms. The Morgan fingerprint density at radius 1 is 1.26 bits per heavy atom. The highest BCUT2D eigenvalue weighted by Gasteiger charge is 2.36. The summed E-state index contributed by atoms with van der Waals surface area (Å²) >= 11 is 0. The van der Waals surface area contributed by atoms with Gasteiger partial charge in [0.15, 0.2) is 8.32 Å². The molecule has 0 rings (SSSR count). The van der Waals surface area contributed by atoms with Crippen molar-refractivity contribution in [2.45, 2.75) is 71.7 Å². The second-order valence-corrected chi connectivity index (χ2v) is 10.1. The molecule has 0 N–H and O–H groups in total. The Balaban J connectivity index is 5.19. The smallest absolute Gasteiger partial charge is 0.193 e. The fourth-order valence-corrected chi connectivity index (χ4v) is 5.26. The summed E-state index contributed by atoms with van der Waals surface area (Å²) in [4.78, 5) is 0. The lowest BCUT2D eigenvalue weighted by Crippen LogP contribution is -2.44. The predicted octanol–water partition coefficient (Wildman–Crippen LogP) is 5.31. The third-order valence-corrected chi connectivity index (χ3v) is 8.76. The summed E-state index contributed by atoms with van der Waals surface area (Å²) in [6, 6.07) is 3.45. The number of hydrogen-bond acceptors (Lipinski definition) is 1. The van der Waals surface area contributed by atoms with Crippen LogP contribution in [0.1, 0.15) is 48.0 Å². The summed E-state index contributed by atoms with van der Waals surface area (Å²) in [5.41, 5.74) is 0.913. The van der Waals surface area contributed by atoms with Gasteiger partial charge in [0.1, 0.15) is 0 Å². The molecule has 0 heterocycles. The minimum absolute atomic E-state index is 0.326. The molecule has 19 heavy (non-hydrogen) atoms. The maximum atomic E-state index is 6.59. The molecule has 0 fully saturated rings. The molecule has 0 aliphatic heterocycles. The zero-order chi connectivity index (χ0) is 14.9. The van der Waals surface area contributed by atoms with Crippen LogP contribution in [0.4, 0.5) is 0 Å². The van der Waals surface area contributed by atoms with E-state index in [0.29, 0.717) is 6.42 Å². The van der Waals surface area contributed by atoms with E-state index in [1.807, 2.05) is 6.92 Å². The van der Waals surface area contributed by atoms with E-state index in [-0.39, 0.29) is 5.60 Å². The zero-order valence-corrected chi connectivity index (χ0v) is 14.5. The molecular weight excluding hydrogens is 248 g/mol. The monoisotopic (exact) mass is 278 g/mol. The normalized spacial score (nSPS) is 16.4.